The van der Waals surface area contributed by atoms with Crippen molar-refractivity contribution in [2.45, 2.75) is 13.8 Å². The van der Waals surface area contributed by atoms with Crippen molar-refractivity contribution in [3.8, 4) is 0 Å². The van der Waals surface area contributed by atoms with Crippen LogP contribution in [0.5, 0.6) is 0 Å². The molecule has 5 nitrogen and oxygen atoms in total. The number of nitrogens with one attached hydrogen (secondary N) is 2. The van der Waals surface area contributed by atoms with Gasteiger partial charge in [-0.25, -0.2) is 9.97 Å². The van der Waals surface area contributed by atoms with Crippen molar-refractivity contribution < 1.29 is 4.74 Å². The van der Waals surface area contributed by atoms with E-state index in [-0.39, 0.29) is 0 Å². The Labute approximate surface area is 94.2 Å². The van der Waals surface area contributed by atoms with Crippen LogP contribution in [-0.4, -0.2) is 35.2 Å². The Kier molecular flexibility index (Phi) is 3.05. The fourth-order valence-electron chi connectivity index (χ4n) is 1.66. The molecule has 86 valence electrons. The molecule has 2 aromatic rings. The molecule has 0 saturated carbocycles. The molecule has 0 fully saturated rings. The van der Waals surface area contributed by atoms with Crippen LogP contribution in [-0.2, 0) is 4.74 Å². The van der Waals surface area contributed by atoms with Crippen LogP contribution in [0.15, 0.2) is 6.07 Å². The molecule has 16 heavy (non-hydrogen) atoms. The minimum Gasteiger partial charge on any atom is -0.383 e. The van der Waals surface area contributed by atoms with Gasteiger partial charge in [-0.15, -0.1) is 0 Å². The molecule has 0 aliphatic heterocycles. The number of aromatic nitrogens is 3. The summed E-state index contributed by atoms with van der Waals surface area (Å²) in [6.07, 6.45) is 0. The Morgan fingerprint density at radius 2 is 2.19 bits per heavy atom. The Bertz CT molecular complexity index is 492. The minimum atomic E-state index is 0.661. The van der Waals surface area contributed by atoms with Gasteiger partial charge in [-0.1, -0.05) is 0 Å². The monoisotopic (exact) mass is 220 g/mol. The summed E-state index contributed by atoms with van der Waals surface area (Å²) in [5.41, 5.74) is 1.97. The van der Waals surface area contributed by atoms with Gasteiger partial charge in [0, 0.05) is 19.3 Å². The lowest BCUT2D eigenvalue weighted by Crippen LogP contribution is -2.09. The van der Waals surface area contributed by atoms with E-state index in [1.807, 2.05) is 19.9 Å². The van der Waals surface area contributed by atoms with Crippen LogP contribution in [0.3, 0.4) is 0 Å². The predicted octanol–water partition coefficient (Wildman–Crippen LogP) is 1.63. The summed E-state index contributed by atoms with van der Waals surface area (Å²) in [6.45, 7) is 5.30. The first-order valence-electron chi connectivity index (χ1n) is 5.27. The normalized spacial score (nSPS) is 10.9. The zero-order valence-corrected chi connectivity index (χ0v) is 9.79. The molecule has 0 amide bonds. The predicted molar refractivity (Wildman–Crippen MR) is 63.7 cm³/mol. The van der Waals surface area contributed by atoms with Gasteiger partial charge in [0.15, 0.2) is 0 Å². The van der Waals surface area contributed by atoms with Crippen LogP contribution >= 0.6 is 0 Å². The van der Waals surface area contributed by atoms with Crippen LogP contribution in [0.1, 0.15) is 11.5 Å². The third-order valence-electron chi connectivity index (χ3n) is 2.33. The number of aryl methyl sites for hydroxylation is 2. The molecular weight excluding hydrogens is 204 g/mol. The fourth-order valence-corrected chi connectivity index (χ4v) is 1.66. The van der Waals surface area contributed by atoms with Gasteiger partial charge in [0.2, 0.25) is 0 Å². The molecule has 0 spiro atoms. The summed E-state index contributed by atoms with van der Waals surface area (Å²) < 4.78 is 5.00. The maximum atomic E-state index is 5.00. The SMILES string of the molecule is COCCNc1nc(C)nc2[nH]c(C)cc12. The first kappa shape index (κ1) is 10.9. The van der Waals surface area contributed by atoms with Crippen LogP contribution in [0, 0.1) is 13.8 Å². The summed E-state index contributed by atoms with van der Waals surface area (Å²) in [6, 6.07) is 2.05. The van der Waals surface area contributed by atoms with Gasteiger partial charge in [-0.3, -0.25) is 0 Å². The van der Waals surface area contributed by atoms with Crippen molar-refractivity contribution >= 4 is 16.9 Å². The number of hydrogen-bond donors (Lipinski definition) is 2. The molecule has 2 heterocycles. The number of methoxy groups -OCH3 is 1. The van der Waals surface area contributed by atoms with Crippen LogP contribution in [0.2, 0.25) is 0 Å². The zero-order valence-electron chi connectivity index (χ0n) is 9.79. The van der Waals surface area contributed by atoms with E-state index in [0.717, 1.165) is 34.9 Å². The van der Waals surface area contributed by atoms with Crippen molar-refractivity contribution in [1.29, 1.82) is 0 Å². The maximum absolute atomic E-state index is 5.00. The number of anilines is 1. The van der Waals surface area contributed by atoms with Gasteiger partial charge in [0.25, 0.3) is 0 Å². The molecule has 0 aliphatic rings. The second kappa shape index (κ2) is 4.49. The number of ether oxygens (including phenoxy) is 1. The summed E-state index contributed by atoms with van der Waals surface area (Å²) in [4.78, 5) is 11.9. The number of rotatable bonds is 4. The lowest BCUT2D eigenvalue weighted by atomic mass is 10.3. The molecular formula is C11H16N4O. The van der Waals surface area contributed by atoms with Crippen molar-refractivity contribution in [2.24, 2.45) is 0 Å². The highest BCUT2D eigenvalue weighted by atomic mass is 16.5. The average Bonchev–Trinajstić information content (AvgIpc) is 2.58. The van der Waals surface area contributed by atoms with Crippen LogP contribution in [0.4, 0.5) is 5.82 Å². The highest BCUT2D eigenvalue weighted by Gasteiger charge is 2.07. The molecule has 0 aliphatic carbocycles. The van der Waals surface area contributed by atoms with Crippen LogP contribution < -0.4 is 5.32 Å². The first-order valence-corrected chi connectivity index (χ1v) is 5.27. The van der Waals surface area contributed by atoms with Crippen molar-refractivity contribution in [1.82, 2.24) is 15.0 Å². The average molecular weight is 220 g/mol. The largest absolute Gasteiger partial charge is 0.383 e. The standard InChI is InChI=1S/C11H16N4O/c1-7-6-9-10(12-4-5-16-3)14-8(2)15-11(9)13-7/h6H,4-5H2,1-3H3,(H2,12,13,14,15). The van der Waals surface area contributed by atoms with E-state index in [1.165, 1.54) is 0 Å². The molecule has 0 atom stereocenters. The topological polar surface area (TPSA) is 62.8 Å². The smallest absolute Gasteiger partial charge is 0.143 e. The van der Waals surface area contributed by atoms with Crippen molar-refractivity contribution in [2.75, 3.05) is 25.6 Å². The molecule has 0 saturated heterocycles. The third-order valence-corrected chi connectivity index (χ3v) is 2.33. The molecule has 0 unspecified atom stereocenters. The summed E-state index contributed by atoms with van der Waals surface area (Å²) in [7, 11) is 1.68. The number of H-pyrrole nitrogens is 1. The number of aromatic amines is 1. The molecule has 2 N–H and O–H groups in total. The van der Waals surface area contributed by atoms with Gasteiger partial charge >= 0.3 is 0 Å². The first-order chi connectivity index (χ1) is 7.70. The molecule has 2 aromatic heterocycles. The second-order valence-electron chi connectivity index (χ2n) is 3.75. The quantitative estimate of drug-likeness (QED) is 0.769. The number of nitrogens with zero attached hydrogens (tertiary/aromatic N) is 2. The molecule has 2 rings (SSSR count). The summed E-state index contributed by atoms with van der Waals surface area (Å²) >= 11 is 0. The Morgan fingerprint density at radius 3 is 2.94 bits per heavy atom. The maximum Gasteiger partial charge on any atom is 0.143 e. The molecule has 5 heteroatoms. The van der Waals surface area contributed by atoms with E-state index >= 15 is 0 Å². The van der Waals surface area contributed by atoms with Crippen LogP contribution in [0.25, 0.3) is 11.0 Å². The van der Waals surface area contributed by atoms with E-state index in [1.54, 1.807) is 7.11 Å². The Morgan fingerprint density at radius 1 is 1.38 bits per heavy atom. The third kappa shape index (κ3) is 2.14. The molecule has 0 radical (unpaired) electrons. The fraction of sp³-hybridized carbons (Fsp3) is 0.455. The van der Waals surface area contributed by atoms with Gasteiger partial charge in [-0.2, -0.15) is 0 Å². The van der Waals surface area contributed by atoms with E-state index < -0.39 is 0 Å². The molecule has 0 aromatic carbocycles. The van der Waals surface area contributed by atoms with E-state index in [4.69, 9.17) is 4.74 Å². The second-order valence-corrected chi connectivity index (χ2v) is 3.75. The van der Waals surface area contributed by atoms with Gasteiger partial charge in [-0.05, 0) is 19.9 Å². The van der Waals surface area contributed by atoms with Crippen molar-refractivity contribution in [3.63, 3.8) is 0 Å². The Balaban J connectivity index is 2.34. The molecule has 0 bridgehead atoms. The van der Waals surface area contributed by atoms with E-state index in [2.05, 4.69) is 20.3 Å². The van der Waals surface area contributed by atoms with Crippen molar-refractivity contribution in [3.05, 3.63) is 17.6 Å². The minimum absolute atomic E-state index is 0.661. The zero-order chi connectivity index (χ0) is 11.5. The number of fused-ring (bicyclic) bond motifs is 1. The van der Waals surface area contributed by atoms with E-state index in [0.29, 0.717) is 6.61 Å². The lowest BCUT2D eigenvalue weighted by molar-refractivity contribution is 0.210. The van der Waals surface area contributed by atoms with E-state index in [9.17, 15) is 0 Å². The highest BCUT2D eigenvalue weighted by Crippen LogP contribution is 2.20. The number of hydrogen-bond acceptors (Lipinski definition) is 4. The van der Waals surface area contributed by atoms with Gasteiger partial charge in [0.05, 0.1) is 12.0 Å². The Hall–Kier alpha value is -1.62. The summed E-state index contributed by atoms with van der Waals surface area (Å²) in [5, 5.41) is 4.27. The van der Waals surface area contributed by atoms with Gasteiger partial charge in [0.1, 0.15) is 17.3 Å². The van der Waals surface area contributed by atoms with Gasteiger partial charge < -0.3 is 15.0 Å². The summed E-state index contributed by atoms with van der Waals surface area (Å²) in [5.74, 6) is 1.62. The lowest BCUT2D eigenvalue weighted by Gasteiger charge is -2.06. The highest BCUT2D eigenvalue weighted by molar-refractivity contribution is 5.87.